The molecule has 0 saturated heterocycles. The number of thioether (sulfide) groups is 1. The van der Waals surface area contributed by atoms with Gasteiger partial charge in [-0.05, 0) is 66.8 Å². The smallest absolute Gasteiger partial charge is 0.272 e. The standard InChI is InChI=1S/C22H20ClN3O3S/c1-14-12-17(9-10-19(14)23)29-13-15-5-7-16(8-6-15)20(27)25-26-21(28)18-4-3-11-24-22(18)30-2/h3-12H,13H2,1-2H3,(H,25,27)(H,26,28). The Morgan fingerprint density at radius 2 is 1.80 bits per heavy atom. The van der Waals surface area contributed by atoms with Gasteiger partial charge in [-0.2, -0.15) is 0 Å². The number of pyridine rings is 1. The van der Waals surface area contributed by atoms with Crippen LogP contribution in [0.15, 0.2) is 65.8 Å². The number of carbonyl (C=O) groups excluding carboxylic acids is 2. The number of aromatic nitrogens is 1. The second kappa shape index (κ2) is 10.1. The van der Waals surface area contributed by atoms with Gasteiger partial charge in [-0.1, -0.05) is 23.7 Å². The lowest BCUT2D eigenvalue weighted by molar-refractivity contribution is 0.0844. The minimum absolute atomic E-state index is 0.359. The van der Waals surface area contributed by atoms with Crippen molar-refractivity contribution in [2.45, 2.75) is 18.6 Å². The number of rotatable bonds is 6. The van der Waals surface area contributed by atoms with E-state index >= 15 is 0 Å². The number of hydrogen-bond acceptors (Lipinski definition) is 5. The Kier molecular flexibility index (Phi) is 7.32. The van der Waals surface area contributed by atoms with Crippen molar-refractivity contribution >= 4 is 35.2 Å². The molecule has 0 atom stereocenters. The van der Waals surface area contributed by atoms with E-state index in [1.54, 1.807) is 48.7 Å². The molecular weight excluding hydrogens is 422 g/mol. The first-order chi connectivity index (χ1) is 14.5. The molecule has 3 aromatic rings. The van der Waals surface area contributed by atoms with Crippen LogP contribution in [-0.2, 0) is 6.61 Å². The normalized spacial score (nSPS) is 10.4. The fraction of sp³-hybridized carbons (Fsp3) is 0.136. The van der Waals surface area contributed by atoms with Crippen LogP contribution < -0.4 is 15.6 Å². The van der Waals surface area contributed by atoms with Crippen molar-refractivity contribution < 1.29 is 14.3 Å². The average molecular weight is 442 g/mol. The third-order valence-corrected chi connectivity index (χ3v) is 5.39. The van der Waals surface area contributed by atoms with Crippen LogP contribution in [0.25, 0.3) is 0 Å². The summed E-state index contributed by atoms with van der Waals surface area (Å²) in [5, 5.41) is 1.28. The predicted octanol–water partition coefficient (Wildman–Crippen LogP) is 4.42. The minimum Gasteiger partial charge on any atom is -0.489 e. The zero-order valence-electron chi connectivity index (χ0n) is 16.4. The fourth-order valence-electron chi connectivity index (χ4n) is 2.61. The molecule has 0 bridgehead atoms. The molecule has 3 rings (SSSR count). The summed E-state index contributed by atoms with van der Waals surface area (Å²) in [4.78, 5) is 28.7. The number of carbonyl (C=O) groups is 2. The Labute approximate surface area is 184 Å². The Morgan fingerprint density at radius 1 is 1.07 bits per heavy atom. The van der Waals surface area contributed by atoms with Gasteiger partial charge in [-0.25, -0.2) is 4.98 Å². The van der Waals surface area contributed by atoms with Gasteiger partial charge in [0.25, 0.3) is 11.8 Å². The Hall–Kier alpha value is -3.03. The third-order valence-electron chi connectivity index (χ3n) is 4.25. The van der Waals surface area contributed by atoms with Gasteiger partial charge >= 0.3 is 0 Å². The molecule has 2 N–H and O–H groups in total. The van der Waals surface area contributed by atoms with Crippen LogP contribution >= 0.6 is 23.4 Å². The van der Waals surface area contributed by atoms with Crippen LogP contribution in [0.1, 0.15) is 31.8 Å². The van der Waals surface area contributed by atoms with Gasteiger partial charge in [0.1, 0.15) is 17.4 Å². The van der Waals surface area contributed by atoms with Crippen molar-refractivity contribution in [1.82, 2.24) is 15.8 Å². The Balaban J connectivity index is 1.54. The summed E-state index contributed by atoms with van der Waals surface area (Å²) < 4.78 is 5.75. The highest BCUT2D eigenvalue weighted by Crippen LogP contribution is 2.22. The van der Waals surface area contributed by atoms with Gasteiger partial charge in [0.2, 0.25) is 0 Å². The molecule has 154 valence electrons. The topological polar surface area (TPSA) is 80.3 Å². The van der Waals surface area contributed by atoms with Crippen molar-refractivity contribution in [3.8, 4) is 5.75 Å². The Morgan fingerprint density at radius 3 is 2.50 bits per heavy atom. The van der Waals surface area contributed by atoms with Crippen LogP contribution in [0.2, 0.25) is 5.02 Å². The highest BCUT2D eigenvalue weighted by Gasteiger charge is 2.13. The summed E-state index contributed by atoms with van der Waals surface area (Å²) in [5.74, 6) is -0.121. The first-order valence-corrected chi connectivity index (χ1v) is 10.7. The number of ether oxygens (including phenoxy) is 1. The van der Waals surface area contributed by atoms with Crippen molar-refractivity contribution in [3.63, 3.8) is 0 Å². The number of amides is 2. The van der Waals surface area contributed by atoms with Gasteiger partial charge in [0, 0.05) is 16.8 Å². The van der Waals surface area contributed by atoms with E-state index < -0.39 is 11.8 Å². The summed E-state index contributed by atoms with van der Waals surface area (Å²) in [6, 6.07) is 15.7. The van der Waals surface area contributed by atoms with Crippen molar-refractivity contribution in [2.24, 2.45) is 0 Å². The van der Waals surface area contributed by atoms with E-state index in [2.05, 4.69) is 15.8 Å². The van der Waals surface area contributed by atoms with Crippen LogP contribution in [0.5, 0.6) is 5.75 Å². The molecule has 6 nitrogen and oxygen atoms in total. The van der Waals surface area contributed by atoms with E-state index in [0.29, 0.717) is 27.8 Å². The maximum Gasteiger partial charge on any atom is 0.272 e. The maximum atomic E-state index is 12.3. The zero-order valence-corrected chi connectivity index (χ0v) is 18.0. The van der Waals surface area contributed by atoms with E-state index in [0.717, 1.165) is 16.9 Å². The quantitative estimate of drug-likeness (QED) is 0.437. The molecule has 0 aliphatic heterocycles. The largest absolute Gasteiger partial charge is 0.489 e. The summed E-state index contributed by atoms with van der Waals surface area (Å²) in [6.45, 7) is 2.27. The summed E-state index contributed by atoms with van der Waals surface area (Å²) in [7, 11) is 0. The second-order valence-corrected chi connectivity index (χ2v) is 7.57. The van der Waals surface area contributed by atoms with E-state index in [4.69, 9.17) is 16.3 Å². The molecule has 2 aromatic carbocycles. The van der Waals surface area contributed by atoms with Gasteiger partial charge in [-0.15, -0.1) is 11.8 Å². The first-order valence-electron chi connectivity index (χ1n) is 9.05. The maximum absolute atomic E-state index is 12.3. The average Bonchev–Trinajstić information content (AvgIpc) is 2.78. The molecule has 0 saturated carbocycles. The number of halogens is 1. The van der Waals surface area contributed by atoms with Gasteiger partial charge in [0.15, 0.2) is 0 Å². The van der Waals surface area contributed by atoms with Crippen molar-refractivity contribution in [2.75, 3.05) is 6.26 Å². The number of hydrazine groups is 1. The van der Waals surface area contributed by atoms with Gasteiger partial charge in [0.05, 0.1) is 5.56 Å². The molecule has 0 aliphatic carbocycles. The molecule has 0 spiro atoms. The van der Waals surface area contributed by atoms with E-state index in [-0.39, 0.29) is 0 Å². The SMILES string of the molecule is CSc1ncccc1C(=O)NNC(=O)c1ccc(COc2ccc(Cl)c(C)c2)cc1. The lowest BCUT2D eigenvalue weighted by atomic mass is 10.1. The molecule has 2 amide bonds. The number of hydrogen-bond donors (Lipinski definition) is 2. The summed E-state index contributed by atoms with van der Waals surface area (Å²) >= 11 is 7.37. The molecule has 1 aromatic heterocycles. The van der Waals surface area contributed by atoms with E-state index in [9.17, 15) is 9.59 Å². The van der Waals surface area contributed by atoms with Gasteiger partial charge < -0.3 is 4.74 Å². The highest BCUT2D eigenvalue weighted by atomic mass is 35.5. The van der Waals surface area contributed by atoms with E-state index in [1.165, 1.54) is 11.8 Å². The highest BCUT2D eigenvalue weighted by molar-refractivity contribution is 7.98. The van der Waals surface area contributed by atoms with Crippen molar-refractivity contribution in [1.29, 1.82) is 0 Å². The third kappa shape index (κ3) is 5.52. The van der Waals surface area contributed by atoms with Crippen LogP contribution in [0.3, 0.4) is 0 Å². The molecule has 30 heavy (non-hydrogen) atoms. The molecule has 0 unspecified atom stereocenters. The van der Waals surface area contributed by atoms with Crippen LogP contribution in [0.4, 0.5) is 0 Å². The molecule has 8 heteroatoms. The molecule has 1 heterocycles. The lowest BCUT2D eigenvalue weighted by Gasteiger charge is -2.10. The monoisotopic (exact) mass is 441 g/mol. The first kappa shape index (κ1) is 21.7. The minimum atomic E-state index is -0.427. The van der Waals surface area contributed by atoms with E-state index in [1.807, 2.05) is 25.3 Å². The van der Waals surface area contributed by atoms with Gasteiger partial charge in [-0.3, -0.25) is 20.4 Å². The molecule has 0 fully saturated rings. The van der Waals surface area contributed by atoms with Crippen molar-refractivity contribution in [3.05, 3.63) is 88.1 Å². The number of nitrogens with zero attached hydrogens (tertiary/aromatic N) is 1. The molecular formula is C22H20ClN3O3S. The lowest BCUT2D eigenvalue weighted by Crippen LogP contribution is -2.41. The fourth-order valence-corrected chi connectivity index (χ4v) is 3.27. The number of benzene rings is 2. The number of aryl methyl sites for hydroxylation is 1. The van der Waals surface area contributed by atoms with Crippen LogP contribution in [-0.4, -0.2) is 23.1 Å². The molecule has 0 aliphatic rings. The number of nitrogens with one attached hydrogen (secondary N) is 2. The predicted molar refractivity (Wildman–Crippen MR) is 118 cm³/mol. The molecule has 0 radical (unpaired) electrons. The summed E-state index contributed by atoms with van der Waals surface area (Å²) in [6.07, 6.45) is 3.44. The Bertz CT molecular complexity index is 1060. The summed E-state index contributed by atoms with van der Waals surface area (Å²) in [5.41, 5.74) is 7.50. The van der Waals surface area contributed by atoms with Crippen LogP contribution in [0, 0.1) is 6.92 Å². The second-order valence-electron chi connectivity index (χ2n) is 6.37. The zero-order chi connectivity index (χ0) is 21.5.